The van der Waals surface area contributed by atoms with Crippen LogP contribution >= 0.6 is 0 Å². The van der Waals surface area contributed by atoms with Gasteiger partial charge in [-0.3, -0.25) is 4.90 Å². The van der Waals surface area contributed by atoms with Crippen LogP contribution in [0.4, 0.5) is 0 Å². The number of nitrogens with one attached hydrogen (secondary N) is 1. The van der Waals surface area contributed by atoms with E-state index in [1.165, 1.54) is 38.6 Å². The molecule has 0 aromatic carbocycles. The number of likely N-dealkylation sites (N-methyl/N-ethyl adjacent to an activating group) is 1. The van der Waals surface area contributed by atoms with E-state index in [0.717, 1.165) is 24.9 Å². The molecule has 2 N–H and O–H groups in total. The highest BCUT2D eigenvalue weighted by atomic mass is 16.3. The number of hydrogen-bond acceptors (Lipinski definition) is 3. The van der Waals surface area contributed by atoms with Crippen LogP contribution in [0.25, 0.3) is 0 Å². The summed E-state index contributed by atoms with van der Waals surface area (Å²) >= 11 is 0. The van der Waals surface area contributed by atoms with Gasteiger partial charge in [-0.1, -0.05) is 26.7 Å². The molecule has 0 heterocycles. The Morgan fingerprint density at radius 2 is 1.89 bits per heavy atom. The molecule has 0 saturated heterocycles. The summed E-state index contributed by atoms with van der Waals surface area (Å²) in [5.41, 5.74) is 0. The SMILES string of the molecule is CNC(CCO)CN(CCC(C)C)C1CCCC1. The van der Waals surface area contributed by atoms with Crippen LogP contribution in [0.3, 0.4) is 0 Å². The second-order valence-electron chi connectivity index (χ2n) is 6.11. The molecule has 3 nitrogen and oxygen atoms in total. The monoisotopic (exact) mass is 256 g/mol. The van der Waals surface area contributed by atoms with Crippen molar-refractivity contribution < 1.29 is 5.11 Å². The maximum absolute atomic E-state index is 9.11. The van der Waals surface area contributed by atoms with Gasteiger partial charge in [-0.05, 0) is 45.2 Å². The van der Waals surface area contributed by atoms with Gasteiger partial charge in [-0.25, -0.2) is 0 Å². The van der Waals surface area contributed by atoms with Gasteiger partial charge in [0.05, 0.1) is 0 Å². The first-order valence-electron chi connectivity index (χ1n) is 7.69. The summed E-state index contributed by atoms with van der Waals surface area (Å²) in [6.07, 6.45) is 7.68. The third-order valence-corrected chi connectivity index (χ3v) is 4.18. The van der Waals surface area contributed by atoms with E-state index in [1.54, 1.807) is 0 Å². The Bertz CT molecular complexity index is 203. The Labute approximate surface area is 113 Å². The molecule has 1 fully saturated rings. The van der Waals surface area contributed by atoms with E-state index in [-0.39, 0.29) is 6.61 Å². The predicted molar refractivity (Wildman–Crippen MR) is 77.8 cm³/mol. The molecule has 0 radical (unpaired) electrons. The fourth-order valence-electron chi connectivity index (χ4n) is 2.88. The number of hydrogen-bond donors (Lipinski definition) is 2. The van der Waals surface area contributed by atoms with Gasteiger partial charge < -0.3 is 10.4 Å². The van der Waals surface area contributed by atoms with Crippen molar-refractivity contribution in [2.24, 2.45) is 5.92 Å². The molecule has 1 saturated carbocycles. The third-order valence-electron chi connectivity index (χ3n) is 4.18. The maximum atomic E-state index is 9.11. The molecule has 0 aromatic rings. The van der Waals surface area contributed by atoms with Gasteiger partial charge >= 0.3 is 0 Å². The lowest BCUT2D eigenvalue weighted by Gasteiger charge is -2.32. The highest BCUT2D eigenvalue weighted by Gasteiger charge is 2.24. The van der Waals surface area contributed by atoms with Crippen molar-refractivity contribution in [1.82, 2.24) is 10.2 Å². The van der Waals surface area contributed by atoms with Crippen LogP contribution in [0.5, 0.6) is 0 Å². The molecule has 1 aliphatic rings. The molecule has 0 bridgehead atoms. The normalized spacial score (nSPS) is 19.0. The van der Waals surface area contributed by atoms with E-state index in [9.17, 15) is 0 Å². The molecule has 1 aliphatic carbocycles. The van der Waals surface area contributed by atoms with Crippen LogP contribution < -0.4 is 5.32 Å². The highest BCUT2D eigenvalue weighted by molar-refractivity contribution is 4.81. The molecule has 0 spiro atoms. The maximum Gasteiger partial charge on any atom is 0.0446 e. The Morgan fingerprint density at radius 3 is 2.39 bits per heavy atom. The van der Waals surface area contributed by atoms with E-state index in [4.69, 9.17) is 5.11 Å². The minimum Gasteiger partial charge on any atom is -0.396 e. The van der Waals surface area contributed by atoms with Crippen LogP contribution in [0.1, 0.15) is 52.4 Å². The molecule has 0 aliphatic heterocycles. The van der Waals surface area contributed by atoms with Crippen molar-refractivity contribution in [3.05, 3.63) is 0 Å². The highest BCUT2D eigenvalue weighted by Crippen LogP contribution is 2.24. The predicted octanol–water partition coefficient (Wildman–Crippen LogP) is 2.25. The molecular formula is C15H32N2O. The van der Waals surface area contributed by atoms with E-state index in [1.807, 2.05) is 7.05 Å². The van der Waals surface area contributed by atoms with Crippen LogP contribution in [-0.2, 0) is 0 Å². The second kappa shape index (κ2) is 8.89. The van der Waals surface area contributed by atoms with E-state index in [0.29, 0.717) is 6.04 Å². The van der Waals surface area contributed by atoms with Gasteiger partial charge in [0, 0.05) is 25.2 Å². The summed E-state index contributed by atoms with van der Waals surface area (Å²) in [5, 5.41) is 12.4. The molecule has 1 atom stereocenters. The minimum absolute atomic E-state index is 0.286. The van der Waals surface area contributed by atoms with Gasteiger partial charge in [-0.15, -0.1) is 0 Å². The molecule has 1 rings (SSSR count). The first-order valence-corrected chi connectivity index (χ1v) is 7.69. The summed E-state index contributed by atoms with van der Waals surface area (Å²) in [6.45, 7) is 7.20. The summed E-state index contributed by atoms with van der Waals surface area (Å²) in [4.78, 5) is 2.67. The average molecular weight is 256 g/mol. The molecule has 1 unspecified atom stereocenters. The lowest BCUT2D eigenvalue weighted by atomic mass is 10.1. The zero-order valence-corrected chi connectivity index (χ0v) is 12.5. The standard InChI is InChI=1S/C15H32N2O/c1-13(2)8-10-17(15-6-4-5-7-15)12-14(16-3)9-11-18/h13-16,18H,4-12H2,1-3H3. The van der Waals surface area contributed by atoms with Crippen molar-refractivity contribution in [3.8, 4) is 0 Å². The first kappa shape index (κ1) is 15.9. The number of nitrogens with zero attached hydrogens (tertiary/aromatic N) is 1. The van der Waals surface area contributed by atoms with Crippen LogP contribution in [0.2, 0.25) is 0 Å². The second-order valence-corrected chi connectivity index (χ2v) is 6.11. The number of aliphatic hydroxyl groups is 1. The Kier molecular flexibility index (Phi) is 7.87. The lowest BCUT2D eigenvalue weighted by Crippen LogP contribution is -2.44. The van der Waals surface area contributed by atoms with Crippen LogP contribution in [0.15, 0.2) is 0 Å². The fraction of sp³-hybridized carbons (Fsp3) is 1.00. The van der Waals surface area contributed by atoms with Crippen LogP contribution in [0, 0.1) is 5.92 Å². The summed E-state index contributed by atoms with van der Waals surface area (Å²) in [6, 6.07) is 1.22. The fourth-order valence-corrected chi connectivity index (χ4v) is 2.88. The third kappa shape index (κ3) is 5.68. The van der Waals surface area contributed by atoms with E-state index in [2.05, 4.69) is 24.1 Å². The molecule has 0 aromatic heterocycles. The molecule has 0 amide bonds. The minimum atomic E-state index is 0.286. The Morgan fingerprint density at radius 1 is 1.22 bits per heavy atom. The van der Waals surface area contributed by atoms with Crippen LogP contribution in [-0.4, -0.2) is 48.8 Å². The summed E-state index contributed by atoms with van der Waals surface area (Å²) < 4.78 is 0. The lowest BCUT2D eigenvalue weighted by molar-refractivity contribution is 0.158. The first-order chi connectivity index (χ1) is 8.67. The molecule has 18 heavy (non-hydrogen) atoms. The van der Waals surface area contributed by atoms with Crippen molar-refractivity contribution >= 4 is 0 Å². The van der Waals surface area contributed by atoms with E-state index >= 15 is 0 Å². The van der Waals surface area contributed by atoms with Gasteiger partial charge in [0.1, 0.15) is 0 Å². The zero-order valence-electron chi connectivity index (χ0n) is 12.5. The molecule has 3 heteroatoms. The molecule has 108 valence electrons. The summed E-state index contributed by atoms with van der Waals surface area (Å²) in [7, 11) is 2.01. The Hall–Kier alpha value is -0.120. The van der Waals surface area contributed by atoms with Crippen molar-refractivity contribution in [1.29, 1.82) is 0 Å². The molecular weight excluding hydrogens is 224 g/mol. The van der Waals surface area contributed by atoms with Gasteiger partial charge in [0.25, 0.3) is 0 Å². The largest absolute Gasteiger partial charge is 0.396 e. The van der Waals surface area contributed by atoms with Gasteiger partial charge in [-0.2, -0.15) is 0 Å². The quantitative estimate of drug-likeness (QED) is 0.664. The average Bonchev–Trinajstić information content (AvgIpc) is 2.86. The number of aliphatic hydroxyl groups excluding tert-OH is 1. The summed E-state index contributed by atoms with van der Waals surface area (Å²) in [5.74, 6) is 0.778. The van der Waals surface area contributed by atoms with Crippen molar-refractivity contribution in [2.75, 3.05) is 26.7 Å². The topological polar surface area (TPSA) is 35.5 Å². The Balaban J connectivity index is 2.46. The van der Waals surface area contributed by atoms with Crippen molar-refractivity contribution in [2.45, 2.75) is 64.5 Å². The van der Waals surface area contributed by atoms with Crippen molar-refractivity contribution in [3.63, 3.8) is 0 Å². The zero-order chi connectivity index (χ0) is 13.4. The van der Waals surface area contributed by atoms with Gasteiger partial charge in [0.2, 0.25) is 0 Å². The number of rotatable bonds is 9. The van der Waals surface area contributed by atoms with E-state index < -0.39 is 0 Å². The van der Waals surface area contributed by atoms with Gasteiger partial charge in [0.15, 0.2) is 0 Å². The smallest absolute Gasteiger partial charge is 0.0446 e.